The van der Waals surface area contributed by atoms with E-state index in [0.717, 1.165) is 38.5 Å². The van der Waals surface area contributed by atoms with E-state index in [0.29, 0.717) is 18.9 Å². The largest absolute Gasteiger partial charge is 0.469 e. The zero-order valence-corrected chi connectivity index (χ0v) is 14.7. The van der Waals surface area contributed by atoms with Gasteiger partial charge in [-0.1, -0.05) is 45.4 Å². The summed E-state index contributed by atoms with van der Waals surface area (Å²) in [6, 6.07) is 0. The van der Waals surface area contributed by atoms with Gasteiger partial charge in [-0.25, -0.2) is 0 Å². The number of rotatable bonds is 14. The van der Waals surface area contributed by atoms with Gasteiger partial charge >= 0.3 is 5.97 Å². The van der Waals surface area contributed by atoms with Crippen molar-refractivity contribution in [3.63, 3.8) is 0 Å². The Labute approximate surface area is 140 Å². The summed E-state index contributed by atoms with van der Waals surface area (Å²) in [6.45, 7) is 2.20. The van der Waals surface area contributed by atoms with Crippen molar-refractivity contribution in [3.8, 4) is 0 Å². The number of carbonyl (C=O) groups excluding carboxylic acids is 2. The van der Waals surface area contributed by atoms with E-state index in [-0.39, 0.29) is 17.9 Å². The highest BCUT2D eigenvalue weighted by Gasteiger charge is 2.35. The second-order valence-corrected chi connectivity index (χ2v) is 6.30. The third-order valence-corrected chi connectivity index (χ3v) is 4.22. The van der Waals surface area contributed by atoms with Crippen molar-refractivity contribution >= 4 is 11.8 Å². The lowest BCUT2D eigenvalue weighted by atomic mass is 10.1. The van der Waals surface area contributed by atoms with Crippen LogP contribution in [0.1, 0.15) is 77.6 Å². The Hall–Kier alpha value is -1.16. The predicted molar refractivity (Wildman–Crippen MR) is 91.3 cm³/mol. The van der Waals surface area contributed by atoms with E-state index in [4.69, 9.17) is 4.74 Å². The number of esters is 1. The topological polar surface area (TPSA) is 55.9 Å². The maximum atomic E-state index is 11.8. The summed E-state index contributed by atoms with van der Waals surface area (Å²) in [7, 11) is 1.42. The number of unbranched alkanes of at least 4 members (excludes halogenated alkanes) is 6. The van der Waals surface area contributed by atoms with Crippen LogP contribution < -0.4 is 0 Å². The van der Waals surface area contributed by atoms with Crippen LogP contribution in [0.4, 0.5) is 0 Å². The standard InChI is InChI=1S/C19H32O4/c1-3-4-8-12-17-18(23-17)15-14-16(20)11-9-6-5-7-10-13-19(21)22-2/h14-15,17-18H,3-13H2,1-2H3/t17-,18+/m0/s1. The fourth-order valence-corrected chi connectivity index (χ4v) is 2.64. The predicted octanol–water partition coefficient (Wildman–Crippen LogP) is 4.36. The SMILES string of the molecule is CCCCC[C@@H]1O[C@@H]1C=CC(=O)CCCCCCCC(=O)OC. The Morgan fingerprint density at radius 3 is 2.39 bits per heavy atom. The summed E-state index contributed by atoms with van der Waals surface area (Å²) in [6.07, 6.45) is 15.0. The van der Waals surface area contributed by atoms with E-state index >= 15 is 0 Å². The fraction of sp³-hybridized carbons (Fsp3) is 0.789. The third-order valence-electron chi connectivity index (χ3n) is 4.22. The molecule has 132 valence electrons. The van der Waals surface area contributed by atoms with Crippen molar-refractivity contribution in [1.82, 2.24) is 0 Å². The first-order valence-electron chi connectivity index (χ1n) is 9.10. The molecule has 0 spiro atoms. The molecule has 1 rings (SSSR count). The highest BCUT2D eigenvalue weighted by atomic mass is 16.6. The van der Waals surface area contributed by atoms with E-state index in [1.165, 1.54) is 26.4 Å². The first-order chi connectivity index (χ1) is 11.2. The van der Waals surface area contributed by atoms with Gasteiger partial charge in [-0.3, -0.25) is 9.59 Å². The lowest BCUT2D eigenvalue weighted by Gasteiger charge is -2.00. The molecule has 1 fully saturated rings. The van der Waals surface area contributed by atoms with Crippen LogP contribution in [0.5, 0.6) is 0 Å². The van der Waals surface area contributed by atoms with Crippen molar-refractivity contribution in [2.24, 2.45) is 0 Å². The highest BCUT2D eigenvalue weighted by Crippen LogP contribution is 2.28. The van der Waals surface area contributed by atoms with Gasteiger partial charge < -0.3 is 9.47 Å². The fourth-order valence-electron chi connectivity index (χ4n) is 2.64. The van der Waals surface area contributed by atoms with Crippen LogP contribution in [0.15, 0.2) is 12.2 Å². The van der Waals surface area contributed by atoms with Gasteiger partial charge in [-0.05, 0) is 31.4 Å². The number of carbonyl (C=O) groups is 2. The molecule has 0 bridgehead atoms. The van der Waals surface area contributed by atoms with Gasteiger partial charge in [0, 0.05) is 12.8 Å². The van der Waals surface area contributed by atoms with Gasteiger partial charge in [0.05, 0.1) is 13.2 Å². The van der Waals surface area contributed by atoms with Crippen LogP contribution in [0.25, 0.3) is 0 Å². The minimum Gasteiger partial charge on any atom is -0.469 e. The van der Waals surface area contributed by atoms with Crippen LogP contribution >= 0.6 is 0 Å². The second-order valence-electron chi connectivity index (χ2n) is 6.30. The van der Waals surface area contributed by atoms with Gasteiger partial charge in [0.25, 0.3) is 0 Å². The van der Waals surface area contributed by atoms with E-state index in [2.05, 4.69) is 11.7 Å². The first kappa shape index (κ1) is 19.9. The highest BCUT2D eigenvalue weighted by molar-refractivity contribution is 5.89. The molecule has 0 aliphatic carbocycles. The number of hydrogen-bond acceptors (Lipinski definition) is 4. The lowest BCUT2D eigenvalue weighted by Crippen LogP contribution is -1.99. The molecule has 1 saturated heterocycles. The molecular weight excluding hydrogens is 292 g/mol. The van der Waals surface area contributed by atoms with Crippen molar-refractivity contribution in [2.45, 2.75) is 89.8 Å². The minimum atomic E-state index is -0.138. The minimum absolute atomic E-state index is 0.138. The molecule has 4 nitrogen and oxygen atoms in total. The molecule has 1 heterocycles. The second kappa shape index (κ2) is 12.3. The summed E-state index contributed by atoms with van der Waals surface area (Å²) in [5, 5.41) is 0. The molecule has 0 amide bonds. The molecule has 0 aromatic heterocycles. The summed E-state index contributed by atoms with van der Waals surface area (Å²) >= 11 is 0. The summed E-state index contributed by atoms with van der Waals surface area (Å²) in [5.41, 5.74) is 0. The number of allylic oxidation sites excluding steroid dienone is 1. The van der Waals surface area contributed by atoms with E-state index in [1.54, 1.807) is 6.08 Å². The van der Waals surface area contributed by atoms with Crippen molar-refractivity contribution < 1.29 is 19.1 Å². The van der Waals surface area contributed by atoms with Gasteiger partial charge in [0.2, 0.25) is 0 Å². The zero-order chi connectivity index (χ0) is 16.9. The lowest BCUT2D eigenvalue weighted by molar-refractivity contribution is -0.140. The van der Waals surface area contributed by atoms with Gasteiger partial charge in [0.15, 0.2) is 5.78 Å². The van der Waals surface area contributed by atoms with E-state index in [1.807, 2.05) is 6.08 Å². The number of epoxide rings is 1. The molecule has 23 heavy (non-hydrogen) atoms. The Balaban J connectivity index is 1.93. The quantitative estimate of drug-likeness (QED) is 0.206. The van der Waals surface area contributed by atoms with Crippen LogP contribution in [-0.4, -0.2) is 31.1 Å². The normalized spacial score (nSPS) is 19.9. The molecule has 0 saturated carbocycles. The number of ketones is 1. The van der Waals surface area contributed by atoms with Gasteiger partial charge in [0.1, 0.15) is 6.10 Å². The van der Waals surface area contributed by atoms with Crippen molar-refractivity contribution in [2.75, 3.05) is 7.11 Å². The van der Waals surface area contributed by atoms with Gasteiger partial charge in [-0.2, -0.15) is 0 Å². The smallest absolute Gasteiger partial charge is 0.305 e. The Kier molecular flexibility index (Phi) is 10.6. The summed E-state index contributed by atoms with van der Waals surface area (Å²) in [5.74, 6) is 0.0583. The molecule has 0 aromatic carbocycles. The van der Waals surface area contributed by atoms with Gasteiger partial charge in [-0.15, -0.1) is 0 Å². The molecule has 1 aliphatic heterocycles. The van der Waals surface area contributed by atoms with Crippen LogP contribution in [0, 0.1) is 0 Å². The maximum absolute atomic E-state index is 11.8. The Morgan fingerprint density at radius 2 is 1.70 bits per heavy atom. The molecule has 0 radical (unpaired) electrons. The molecule has 0 unspecified atom stereocenters. The number of hydrogen-bond donors (Lipinski definition) is 0. The summed E-state index contributed by atoms with van der Waals surface area (Å²) < 4.78 is 10.1. The van der Waals surface area contributed by atoms with Crippen LogP contribution in [0.2, 0.25) is 0 Å². The molecule has 1 aliphatic rings. The zero-order valence-electron chi connectivity index (χ0n) is 14.7. The van der Waals surface area contributed by atoms with Crippen molar-refractivity contribution in [3.05, 3.63) is 12.2 Å². The molecule has 2 atom stereocenters. The van der Waals surface area contributed by atoms with Crippen LogP contribution in [-0.2, 0) is 19.1 Å². The maximum Gasteiger partial charge on any atom is 0.305 e. The van der Waals surface area contributed by atoms with E-state index in [9.17, 15) is 9.59 Å². The molecule has 4 heteroatoms. The molecular formula is C19H32O4. The average molecular weight is 324 g/mol. The Bertz CT molecular complexity index is 376. The third kappa shape index (κ3) is 10.3. The molecule has 0 aromatic rings. The van der Waals surface area contributed by atoms with Crippen LogP contribution in [0.3, 0.4) is 0 Å². The number of methoxy groups -OCH3 is 1. The van der Waals surface area contributed by atoms with E-state index < -0.39 is 0 Å². The van der Waals surface area contributed by atoms with Crippen molar-refractivity contribution in [1.29, 1.82) is 0 Å². The monoisotopic (exact) mass is 324 g/mol. The summed E-state index contributed by atoms with van der Waals surface area (Å²) in [4.78, 5) is 22.7. The Morgan fingerprint density at radius 1 is 1.00 bits per heavy atom. The molecule has 0 N–H and O–H groups in total. The number of ether oxygens (including phenoxy) is 2. The first-order valence-corrected chi connectivity index (χ1v) is 9.10. The average Bonchev–Trinajstić information content (AvgIpc) is 3.30.